The lowest BCUT2D eigenvalue weighted by Crippen LogP contribution is -2.63. The predicted molar refractivity (Wildman–Crippen MR) is 105 cm³/mol. The maximum atomic E-state index is 13.8. The van der Waals surface area contributed by atoms with Crippen LogP contribution in [0.4, 0.5) is 0 Å². The molecule has 2 nitrogen and oxygen atoms in total. The van der Waals surface area contributed by atoms with Gasteiger partial charge < -0.3 is 4.90 Å². The van der Waals surface area contributed by atoms with Crippen LogP contribution in [0.25, 0.3) is 0 Å². The van der Waals surface area contributed by atoms with Gasteiger partial charge in [0.1, 0.15) is 0 Å². The molecule has 1 heterocycles. The van der Waals surface area contributed by atoms with Crippen LogP contribution in [0.15, 0.2) is 30.3 Å². The third-order valence-electron chi connectivity index (χ3n) is 8.13. The monoisotopic (exact) mass is 351 g/mol. The van der Waals surface area contributed by atoms with Crippen molar-refractivity contribution in [3.05, 3.63) is 35.9 Å². The molecule has 0 N–H and O–H groups in total. The summed E-state index contributed by atoms with van der Waals surface area (Å²) in [5.41, 5.74) is 2.01. The van der Waals surface area contributed by atoms with Crippen LogP contribution in [0, 0.1) is 22.7 Å². The summed E-state index contributed by atoms with van der Waals surface area (Å²) in [5.74, 6) is 1.92. The molecule has 0 radical (unpaired) electrons. The van der Waals surface area contributed by atoms with Crippen LogP contribution in [0.5, 0.6) is 0 Å². The molecular formula is C24H33NO. The molecule has 4 bridgehead atoms. The van der Waals surface area contributed by atoms with Crippen LogP contribution in [0.2, 0.25) is 0 Å². The topological polar surface area (TPSA) is 20.3 Å². The van der Waals surface area contributed by atoms with Crippen molar-refractivity contribution in [2.24, 2.45) is 22.7 Å². The van der Waals surface area contributed by atoms with E-state index in [0.717, 1.165) is 38.3 Å². The zero-order chi connectivity index (χ0) is 18.0. The summed E-state index contributed by atoms with van der Waals surface area (Å²) < 4.78 is 0. The van der Waals surface area contributed by atoms with Crippen LogP contribution in [0.1, 0.15) is 70.8 Å². The van der Waals surface area contributed by atoms with Crippen molar-refractivity contribution in [2.45, 2.75) is 70.6 Å². The first-order valence-corrected chi connectivity index (χ1v) is 10.8. The van der Waals surface area contributed by atoms with Crippen molar-refractivity contribution in [1.82, 2.24) is 4.90 Å². The van der Waals surface area contributed by atoms with Crippen LogP contribution >= 0.6 is 0 Å². The number of carbonyl (C=O) groups is 1. The van der Waals surface area contributed by atoms with Gasteiger partial charge in [-0.2, -0.15) is 0 Å². The van der Waals surface area contributed by atoms with Crippen molar-refractivity contribution in [1.29, 1.82) is 0 Å². The number of likely N-dealkylation sites (tertiary alicyclic amines) is 1. The number of amides is 1. The molecule has 4 aliphatic carbocycles. The van der Waals surface area contributed by atoms with Crippen molar-refractivity contribution >= 4 is 5.91 Å². The molecule has 1 amide bonds. The largest absolute Gasteiger partial charge is 0.342 e. The van der Waals surface area contributed by atoms with Gasteiger partial charge in [-0.1, -0.05) is 44.2 Å². The van der Waals surface area contributed by atoms with Gasteiger partial charge >= 0.3 is 0 Å². The second kappa shape index (κ2) is 5.59. The highest BCUT2D eigenvalue weighted by molar-refractivity contribution is 5.84. The molecule has 1 aromatic rings. The Morgan fingerprint density at radius 1 is 1.08 bits per heavy atom. The number of nitrogens with zero attached hydrogens (tertiary/aromatic N) is 1. The molecule has 5 atom stereocenters. The normalized spacial score (nSPS) is 44.3. The summed E-state index contributed by atoms with van der Waals surface area (Å²) in [6, 6.07) is 11.2. The lowest BCUT2D eigenvalue weighted by molar-refractivity contribution is -0.172. The fourth-order valence-corrected chi connectivity index (χ4v) is 7.98. The Morgan fingerprint density at radius 2 is 1.88 bits per heavy atom. The minimum Gasteiger partial charge on any atom is -0.342 e. The van der Waals surface area contributed by atoms with E-state index >= 15 is 0 Å². The highest BCUT2D eigenvalue weighted by Crippen LogP contribution is 2.70. The van der Waals surface area contributed by atoms with Gasteiger partial charge in [-0.15, -0.1) is 0 Å². The lowest BCUT2D eigenvalue weighted by atomic mass is 9.38. The number of benzene rings is 1. The van der Waals surface area contributed by atoms with Gasteiger partial charge in [-0.3, -0.25) is 4.79 Å². The fourth-order valence-electron chi connectivity index (χ4n) is 7.98. The smallest absolute Gasteiger partial charge is 0.228 e. The minimum atomic E-state index is -0.0823. The molecule has 2 heteroatoms. The molecule has 0 aromatic heterocycles. The zero-order valence-electron chi connectivity index (χ0n) is 16.5. The third-order valence-corrected chi connectivity index (χ3v) is 8.13. The Bertz CT molecular complexity index is 714. The summed E-state index contributed by atoms with van der Waals surface area (Å²) in [4.78, 5) is 16.1. The van der Waals surface area contributed by atoms with Gasteiger partial charge in [-0.05, 0) is 79.6 Å². The van der Waals surface area contributed by atoms with E-state index in [2.05, 4.69) is 49.1 Å². The zero-order valence-corrected chi connectivity index (χ0v) is 16.5. The van der Waals surface area contributed by atoms with Crippen LogP contribution in [-0.4, -0.2) is 23.9 Å². The van der Waals surface area contributed by atoms with Crippen molar-refractivity contribution < 1.29 is 4.79 Å². The van der Waals surface area contributed by atoms with E-state index in [1.807, 2.05) is 0 Å². The molecule has 0 spiro atoms. The molecule has 4 saturated carbocycles. The van der Waals surface area contributed by atoms with Crippen molar-refractivity contribution in [3.8, 4) is 0 Å². The SMILES string of the molecule is C[C@H]1CCCN(C(=O)C23CC4C[C@@](C)(C2)C[C@](c2ccccc2)(C4)C3)C1. The van der Waals surface area contributed by atoms with Gasteiger partial charge in [0.25, 0.3) is 0 Å². The Hall–Kier alpha value is -1.31. The first-order valence-electron chi connectivity index (χ1n) is 10.8. The van der Waals surface area contributed by atoms with E-state index in [9.17, 15) is 4.79 Å². The number of carbonyl (C=O) groups excluding carboxylic acids is 1. The van der Waals surface area contributed by atoms with Gasteiger partial charge in [0.15, 0.2) is 0 Å². The highest BCUT2D eigenvalue weighted by Gasteiger charge is 2.65. The number of piperidine rings is 1. The molecule has 6 rings (SSSR count). The first-order chi connectivity index (χ1) is 12.4. The van der Waals surface area contributed by atoms with Crippen LogP contribution in [-0.2, 0) is 10.2 Å². The predicted octanol–water partition coefficient (Wildman–Crippen LogP) is 5.17. The summed E-state index contributed by atoms with van der Waals surface area (Å²) in [7, 11) is 0. The van der Waals surface area contributed by atoms with E-state index in [1.165, 1.54) is 37.7 Å². The summed E-state index contributed by atoms with van der Waals surface area (Å²) in [6.07, 6.45) is 9.78. The molecule has 2 unspecified atom stereocenters. The Morgan fingerprint density at radius 3 is 2.62 bits per heavy atom. The molecular weight excluding hydrogens is 318 g/mol. The van der Waals surface area contributed by atoms with Gasteiger partial charge in [0.2, 0.25) is 5.91 Å². The second-order valence-corrected chi connectivity index (χ2v) is 10.7. The molecule has 1 aliphatic heterocycles. The number of rotatable bonds is 2. The average Bonchev–Trinajstić information content (AvgIpc) is 2.60. The lowest BCUT2D eigenvalue weighted by Gasteiger charge is -2.66. The Balaban J connectivity index is 1.53. The van der Waals surface area contributed by atoms with E-state index in [4.69, 9.17) is 0 Å². The summed E-state index contributed by atoms with van der Waals surface area (Å²) >= 11 is 0. The highest BCUT2D eigenvalue weighted by atomic mass is 16.2. The molecule has 5 aliphatic rings. The van der Waals surface area contributed by atoms with E-state index in [1.54, 1.807) is 0 Å². The summed E-state index contributed by atoms with van der Waals surface area (Å²) in [6.45, 7) is 6.77. The molecule has 26 heavy (non-hydrogen) atoms. The minimum absolute atomic E-state index is 0.0823. The maximum Gasteiger partial charge on any atom is 0.228 e. The first kappa shape index (κ1) is 16.8. The standard InChI is InChI=1S/C24H33NO/c1-18-7-6-10-25(14-18)21(26)24-13-19-11-22(2,16-24)15-23(12-19,17-24)20-8-4-3-5-9-20/h3-5,8-9,18-19H,6-7,10-17H2,1-2H3/t18-,19?,22+,23+,24?/m0/s1. The molecule has 1 saturated heterocycles. The van der Waals surface area contributed by atoms with Crippen molar-refractivity contribution in [3.63, 3.8) is 0 Å². The van der Waals surface area contributed by atoms with Gasteiger partial charge in [0, 0.05) is 13.1 Å². The number of hydrogen-bond donors (Lipinski definition) is 0. The second-order valence-electron chi connectivity index (χ2n) is 10.7. The van der Waals surface area contributed by atoms with Gasteiger partial charge in [0.05, 0.1) is 5.41 Å². The molecule has 140 valence electrons. The maximum absolute atomic E-state index is 13.8. The summed E-state index contributed by atoms with van der Waals surface area (Å²) in [5, 5.41) is 0. The average molecular weight is 352 g/mol. The van der Waals surface area contributed by atoms with Crippen molar-refractivity contribution in [2.75, 3.05) is 13.1 Å². The Labute approximate surface area is 158 Å². The van der Waals surface area contributed by atoms with Crippen LogP contribution < -0.4 is 0 Å². The van der Waals surface area contributed by atoms with E-state index < -0.39 is 0 Å². The molecule has 5 fully saturated rings. The molecule has 1 aromatic carbocycles. The van der Waals surface area contributed by atoms with E-state index in [0.29, 0.717) is 17.2 Å². The quantitative estimate of drug-likeness (QED) is 0.719. The van der Waals surface area contributed by atoms with Gasteiger partial charge in [-0.25, -0.2) is 0 Å². The fraction of sp³-hybridized carbons (Fsp3) is 0.708. The number of hydrogen-bond acceptors (Lipinski definition) is 1. The third kappa shape index (κ3) is 2.47. The Kier molecular flexibility index (Phi) is 3.62. The van der Waals surface area contributed by atoms with E-state index in [-0.39, 0.29) is 10.8 Å². The van der Waals surface area contributed by atoms with Crippen LogP contribution in [0.3, 0.4) is 0 Å².